The summed E-state index contributed by atoms with van der Waals surface area (Å²) in [5, 5.41) is 15.6. The Bertz CT molecular complexity index is 608. The van der Waals surface area contributed by atoms with Crippen molar-refractivity contribution < 1.29 is 14.7 Å². The van der Waals surface area contributed by atoms with Crippen LogP contribution in [-0.4, -0.2) is 40.0 Å². The highest BCUT2D eigenvalue weighted by Crippen LogP contribution is 2.25. The van der Waals surface area contributed by atoms with Gasteiger partial charge in [0.2, 0.25) is 5.91 Å². The van der Waals surface area contributed by atoms with Gasteiger partial charge in [-0.3, -0.25) is 9.59 Å². The summed E-state index contributed by atoms with van der Waals surface area (Å²) in [5.41, 5.74) is 1.75. The molecule has 2 rings (SSSR count). The molecule has 0 aromatic carbocycles. The molecule has 0 bridgehead atoms. The van der Waals surface area contributed by atoms with Crippen molar-refractivity contribution in [3.8, 4) is 10.6 Å². The van der Waals surface area contributed by atoms with E-state index in [0.717, 1.165) is 17.0 Å². The molecule has 5 nitrogen and oxygen atoms in total. The number of thiophene rings is 1. The van der Waals surface area contributed by atoms with Crippen LogP contribution in [0, 0.1) is 0 Å². The van der Waals surface area contributed by atoms with Crippen molar-refractivity contribution in [2.45, 2.75) is 19.8 Å². The highest BCUT2D eigenvalue weighted by Gasteiger charge is 2.17. The van der Waals surface area contributed by atoms with Gasteiger partial charge in [0.15, 0.2) is 0 Å². The van der Waals surface area contributed by atoms with Crippen molar-refractivity contribution >= 4 is 34.6 Å². The van der Waals surface area contributed by atoms with E-state index in [1.54, 1.807) is 11.3 Å². The second-order valence-corrected chi connectivity index (χ2v) is 6.18. The molecule has 2 aromatic rings. The molecule has 21 heavy (non-hydrogen) atoms. The number of carboxylic acid groups (broad SMARTS) is 1. The van der Waals surface area contributed by atoms with Crippen molar-refractivity contribution in [2.24, 2.45) is 0 Å². The molecule has 0 aliphatic rings. The third-order valence-electron chi connectivity index (χ3n) is 2.82. The fraction of sp³-hybridized carbons (Fsp3) is 0.357. The van der Waals surface area contributed by atoms with Crippen LogP contribution in [0.5, 0.6) is 0 Å². The van der Waals surface area contributed by atoms with Crippen LogP contribution in [-0.2, 0) is 16.0 Å². The Morgan fingerprint density at radius 1 is 1.38 bits per heavy atom. The lowest BCUT2D eigenvalue weighted by atomic mass is 10.2. The number of nitrogens with zero attached hydrogens (tertiary/aromatic N) is 2. The normalized spacial score (nSPS) is 10.5. The summed E-state index contributed by atoms with van der Waals surface area (Å²) in [4.78, 5) is 28.8. The fourth-order valence-electron chi connectivity index (χ4n) is 1.90. The molecule has 1 N–H and O–H groups in total. The average Bonchev–Trinajstić information content (AvgIpc) is 3.07. The quantitative estimate of drug-likeness (QED) is 0.850. The van der Waals surface area contributed by atoms with Crippen LogP contribution in [0.3, 0.4) is 0 Å². The fourth-order valence-corrected chi connectivity index (χ4v) is 3.43. The van der Waals surface area contributed by atoms with Crippen molar-refractivity contribution in [3.05, 3.63) is 27.9 Å². The monoisotopic (exact) mass is 324 g/mol. The third-order valence-corrected chi connectivity index (χ3v) is 4.45. The van der Waals surface area contributed by atoms with Gasteiger partial charge in [-0.2, -0.15) is 11.3 Å². The highest BCUT2D eigenvalue weighted by atomic mass is 32.1. The molecular formula is C14H16N2O3S2. The van der Waals surface area contributed by atoms with E-state index in [4.69, 9.17) is 5.11 Å². The molecular weight excluding hydrogens is 308 g/mol. The number of carbonyl (C=O) groups excluding carboxylic acids is 1. The van der Waals surface area contributed by atoms with E-state index in [-0.39, 0.29) is 18.9 Å². The molecule has 2 aromatic heterocycles. The number of amides is 1. The summed E-state index contributed by atoms with van der Waals surface area (Å²) in [6, 6.07) is 1.99. The number of rotatable bonds is 7. The van der Waals surface area contributed by atoms with Crippen LogP contribution in [0.1, 0.15) is 19.0 Å². The summed E-state index contributed by atoms with van der Waals surface area (Å²) >= 11 is 3.10. The first kappa shape index (κ1) is 15.7. The largest absolute Gasteiger partial charge is 0.480 e. The highest BCUT2D eigenvalue weighted by molar-refractivity contribution is 7.14. The molecule has 112 valence electrons. The van der Waals surface area contributed by atoms with Crippen LogP contribution in [0.4, 0.5) is 0 Å². The molecule has 0 aliphatic heterocycles. The van der Waals surface area contributed by atoms with E-state index >= 15 is 0 Å². The zero-order valence-electron chi connectivity index (χ0n) is 11.6. The van der Waals surface area contributed by atoms with Gasteiger partial charge in [0.1, 0.15) is 11.6 Å². The zero-order valence-corrected chi connectivity index (χ0v) is 13.2. The van der Waals surface area contributed by atoms with Crippen molar-refractivity contribution in [1.29, 1.82) is 0 Å². The van der Waals surface area contributed by atoms with E-state index < -0.39 is 5.97 Å². The van der Waals surface area contributed by atoms with Crippen molar-refractivity contribution in [1.82, 2.24) is 9.88 Å². The summed E-state index contributed by atoms with van der Waals surface area (Å²) < 4.78 is 0. The van der Waals surface area contributed by atoms with E-state index in [2.05, 4.69) is 4.98 Å². The second kappa shape index (κ2) is 7.33. The molecule has 1 amide bonds. The lowest BCUT2D eigenvalue weighted by molar-refractivity contribution is -0.144. The maximum Gasteiger partial charge on any atom is 0.323 e. The van der Waals surface area contributed by atoms with Gasteiger partial charge in [0.05, 0.1) is 12.1 Å². The molecule has 0 unspecified atom stereocenters. The van der Waals surface area contributed by atoms with Crippen LogP contribution >= 0.6 is 22.7 Å². The summed E-state index contributed by atoms with van der Waals surface area (Å²) in [5.74, 6) is -1.18. The number of aliphatic carboxylic acids is 1. The van der Waals surface area contributed by atoms with Gasteiger partial charge in [-0.05, 0) is 17.9 Å². The predicted octanol–water partition coefficient (Wildman–Crippen LogP) is 2.74. The Balaban J connectivity index is 2.02. The van der Waals surface area contributed by atoms with Crippen molar-refractivity contribution in [3.63, 3.8) is 0 Å². The number of aromatic nitrogens is 1. The molecule has 0 radical (unpaired) electrons. The van der Waals surface area contributed by atoms with Gasteiger partial charge < -0.3 is 10.0 Å². The first-order valence-electron chi connectivity index (χ1n) is 6.56. The number of hydrogen-bond donors (Lipinski definition) is 1. The van der Waals surface area contributed by atoms with Gasteiger partial charge in [0.25, 0.3) is 0 Å². The van der Waals surface area contributed by atoms with Crippen LogP contribution in [0.25, 0.3) is 10.6 Å². The van der Waals surface area contributed by atoms with Crippen LogP contribution < -0.4 is 0 Å². The molecule has 2 heterocycles. The minimum absolute atomic E-state index is 0.147. The van der Waals surface area contributed by atoms with Crippen molar-refractivity contribution in [2.75, 3.05) is 13.1 Å². The number of carbonyl (C=O) groups is 2. The van der Waals surface area contributed by atoms with Crippen LogP contribution in [0.15, 0.2) is 22.2 Å². The number of hydrogen-bond acceptors (Lipinski definition) is 5. The average molecular weight is 324 g/mol. The minimum Gasteiger partial charge on any atom is -0.480 e. The van der Waals surface area contributed by atoms with Crippen LogP contribution in [0.2, 0.25) is 0 Å². The van der Waals surface area contributed by atoms with Gasteiger partial charge in [-0.15, -0.1) is 11.3 Å². The molecule has 0 spiro atoms. The van der Waals surface area contributed by atoms with E-state index in [1.807, 2.05) is 29.1 Å². The molecule has 0 aliphatic carbocycles. The molecule has 0 saturated carbocycles. The second-order valence-electron chi connectivity index (χ2n) is 4.54. The molecule has 0 atom stereocenters. The minimum atomic E-state index is -0.992. The summed E-state index contributed by atoms with van der Waals surface area (Å²) in [7, 11) is 0. The SMILES string of the molecule is CCCN(CC(=O)O)C(=O)Cc1csc(-c2ccsc2)n1. The summed E-state index contributed by atoms with van der Waals surface area (Å²) in [6.07, 6.45) is 0.879. The lowest BCUT2D eigenvalue weighted by Crippen LogP contribution is -2.37. The Morgan fingerprint density at radius 3 is 2.81 bits per heavy atom. The van der Waals surface area contributed by atoms with E-state index in [1.165, 1.54) is 16.2 Å². The van der Waals surface area contributed by atoms with Gasteiger partial charge in [-0.1, -0.05) is 6.92 Å². The Kier molecular flexibility index (Phi) is 5.46. The Morgan fingerprint density at radius 2 is 2.19 bits per heavy atom. The zero-order chi connectivity index (χ0) is 15.2. The van der Waals surface area contributed by atoms with Gasteiger partial charge in [-0.25, -0.2) is 4.98 Å². The van der Waals surface area contributed by atoms with E-state index in [0.29, 0.717) is 12.2 Å². The maximum atomic E-state index is 12.2. The van der Waals surface area contributed by atoms with Gasteiger partial charge in [0, 0.05) is 22.9 Å². The first-order valence-corrected chi connectivity index (χ1v) is 8.39. The summed E-state index contributed by atoms with van der Waals surface area (Å²) in [6.45, 7) is 2.11. The van der Waals surface area contributed by atoms with Gasteiger partial charge >= 0.3 is 5.97 Å². The lowest BCUT2D eigenvalue weighted by Gasteiger charge is -2.19. The third kappa shape index (κ3) is 4.37. The topological polar surface area (TPSA) is 70.5 Å². The molecule has 0 saturated heterocycles. The predicted molar refractivity (Wildman–Crippen MR) is 83.6 cm³/mol. The Hall–Kier alpha value is -1.73. The standard InChI is InChI=1S/C14H16N2O3S2/c1-2-4-16(7-13(18)19)12(17)6-11-9-21-14(15-11)10-3-5-20-8-10/h3,5,8-9H,2,4,6-7H2,1H3,(H,18,19). The molecule has 7 heteroatoms. The van der Waals surface area contributed by atoms with E-state index in [9.17, 15) is 9.59 Å². The Labute approximate surface area is 130 Å². The molecule has 0 fully saturated rings. The number of carboxylic acids is 1. The first-order chi connectivity index (χ1) is 10.1. The smallest absolute Gasteiger partial charge is 0.323 e. The number of thiazole rings is 1. The maximum absolute atomic E-state index is 12.2.